The molecular formula is C26H22ClFN2O4. The zero-order valence-electron chi connectivity index (χ0n) is 18.6. The van der Waals surface area contributed by atoms with Crippen molar-refractivity contribution in [3.63, 3.8) is 0 Å². The van der Waals surface area contributed by atoms with E-state index in [1.54, 1.807) is 12.1 Å². The summed E-state index contributed by atoms with van der Waals surface area (Å²) < 4.78 is 24.5. The minimum Gasteiger partial charge on any atom is -0.493 e. The van der Waals surface area contributed by atoms with Crippen molar-refractivity contribution < 1.29 is 23.5 Å². The lowest BCUT2D eigenvalue weighted by atomic mass is 10.1. The van der Waals surface area contributed by atoms with Gasteiger partial charge in [-0.15, -0.1) is 0 Å². The smallest absolute Gasteiger partial charge is 0.329 e. The van der Waals surface area contributed by atoms with Gasteiger partial charge in [0.05, 0.1) is 18.7 Å². The van der Waals surface area contributed by atoms with Crippen molar-refractivity contribution in [2.24, 2.45) is 0 Å². The number of halogens is 2. The van der Waals surface area contributed by atoms with E-state index in [4.69, 9.17) is 21.1 Å². The molecule has 8 heteroatoms. The zero-order valence-corrected chi connectivity index (χ0v) is 19.4. The standard InChI is InChI=1S/C26H22ClFN2O4/c1-16-4-3-5-18(10-16)15-34-24-21(27)11-19(13-23(24)33-2)12-22-25(31)30(26(32)29-22)14-17-6-8-20(28)9-7-17/h3-13H,14-15H2,1-2H3,(H,29,32). The molecule has 4 rings (SSSR count). The van der Waals surface area contributed by atoms with Crippen LogP contribution in [0.4, 0.5) is 9.18 Å². The Balaban J connectivity index is 1.53. The van der Waals surface area contributed by atoms with Gasteiger partial charge in [-0.2, -0.15) is 0 Å². The number of benzene rings is 3. The van der Waals surface area contributed by atoms with E-state index >= 15 is 0 Å². The molecule has 0 radical (unpaired) electrons. The molecule has 34 heavy (non-hydrogen) atoms. The monoisotopic (exact) mass is 480 g/mol. The summed E-state index contributed by atoms with van der Waals surface area (Å²) in [7, 11) is 1.50. The summed E-state index contributed by atoms with van der Waals surface area (Å²) >= 11 is 6.46. The first-order valence-corrected chi connectivity index (χ1v) is 10.9. The summed E-state index contributed by atoms with van der Waals surface area (Å²) in [6.07, 6.45) is 1.52. The molecule has 3 aromatic rings. The topological polar surface area (TPSA) is 67.9 Å². The van der Waals surface area contributed by atoms with Gasteiger partial charge in [-0.1, -0.05) is 53.6 Å². The first-order valence-electron chi connectivity index (χ1n) is 10.5. The van der Waals surface area contributed by atoms with E-state index in [0.29, 0.717) is 34.3 Å². The largest absolute Gasteiger partial charge is 0.493 e. The fourth-order valence-electron chi connectivity index (χ4n) is 3.57. The van der Waals surface area contributed by atoms with Gasteiger partial charge in [0.2, 0.25) is 0 Å². The van der Waals surface area contributed by atoms with Crippen LogP contribution in [0.2, 0.25) is 5.02 Å². The number of hydrogen-bond acceptors (Lipinski definition) is 4. The van der Waals surface area contributed by atoms with Gasteiger partial charge in [0.1, 0.15) is 18.1 Å². The number of urea groups is 1. The van der Waals surface area contributed by atoms with Crippen LogP contribution in [0.25, 0.3) is 6.08 Å². The van der Waals surface area contributed by atoms with Crippen LogP contribution in [0.1, 0.15) is 22.3 Å². The number of hydrogen-bond donors (Lipinski definition) is 1. The molecular weight excluding hydrogens is 459 g/mol. The van der Waals surface area contributed by atoms with Gasteiger partial charge in [0.25, 0.3) is 5.91 Å². The Labute approximate surface area is 201 Å². The lowest BCUT2D eigenvalue weighted by Gasteiger charge is -2.14. The summed E-state index contributed by atoms with van der Waals surface area (Å²) in [5, 5.41) is 2.87. The Morgan fingerprint density at radius 3 is 2.53 bits per heavy atom. The molecule has 1 heterocycles. The highest BCUT2D eigenvalue weighted by atomic mass is 35.5. The third-order valence-electron chi connectivity index (χ3n) is 5.24. The number of carbonyl (C=O) groups excluding carboxylic acids is 2. The molecule has 1 N–H and O–H groups in total. The van der Waals surface area contributed by atoms with Gasteiger partial charge in [-0.05, 0) is 54.0 Å². The van der Waals surface area contributed by atoms with E-state index in [2.05, 4.69) is 5.32 Å². The molecule has 3 aromatic carbocycles. The van der Waals surface area contributed by atoms with Gasteiger partial charge in [-0.25, -0.2) is 9.18 Å². The maximum Gasteiger partial charge on any atom is 0.329 e. The van der Waals surface area contributed by atoms with Crippen molar-refractivity contribution in [2.75, 3.05) is 7.11 Å². The highest BCUT2D eigenvalue weighted by Crippen LogP contribution is 2.37. The second-order valence-electron chi connectivity index (χ2n) is 7.82. The highest BCUT2D eigenvalue weighted by Gasteiger charge is 2.33. The molecule has 0 aliphatic carbocycles. The first-order chi connectivity index (χ1) is 16.3. The van der Waals surface area contributed by atoms with Crippen molar-refractivity contribution in [1.82, 2.24) is 10.2 Å². The van der Waals surface area contributed by atoms with E-state index < -0.39 is 17.8 Å². The molecule has 0 aromatic heterocycles. The normalized spacial score (nSPS) is 14.5. The minimum atomic E-state index is -0.559. The van der Waals surface area contributed by atoms with E-state index in [9.17, 15) is 14.0 Å². The van der Waals surface area contributed by atoms with Crippen LogP contribution in [0, 0.1) is 12.7 Å². The zero-order chi connectivity index (χ0) is 24.2. The Morgan fingerprint density at radius 1 is 1.06 bits per heavy atom. The third kappa shape index (κ3) is 5.21. The van der Waals surface area contributed by atoms with Crippen LogP contribution in [0.5, 0.6) is 11.5 Å². The quantitative estimate of drug-likeness (QED) is 0.360. The predicted molar refractivity (Wildman–Crippen MR) is 127 cm³/mol. The molecule has 1 aliphatic heterocycles. The van der Waals surface area contributed by atoms with Crippen molar-refractivity contribution >= 4 is 29.6 Å². The number of nitrogens with zero attached hydrogens (tertiary/aromatic N) is 1. The fraction of sp³-hybridized carbons (Fsp3) is 0.154. The van der Waals surface area contributed by atoms with Crippen LogP contribution >= 0.6 is 11.6 Å². The van der Waals surface area contributed by atoms with Crippen LogP contribution in [0.3, 0.4) is 0 Å². The molecule has 0 saturated carbocycles. The highest BCUT2D eigenvalue weighted by molar-refractivity contribution is 6.32. The van der Waals surface area contributed by atoms with Crippen LogP contribution in [-0.2, 0) is 17.9 Å². The molecule has 6 nitrogen and oxygen atoms in total. The molecule has 1 aliphatic rings. The summed E-state index contributed by atoms with van der Waals surface area (Å²) in [6, 6.07) is 16.3. The molecule has 3 amide bonds. The van der Waals surface area contributed by atoms with Gasteiger partial charge < -0.3 is 14.8 Å². The van der Waals surface area contributed by atoms with Crippen molar-refractivity contribution in [3.05, 3.63) is 99.5 Å². The fourth-order valence-corrected chi connectivity index (χ4v) is 3.85. The molecule has 0 bridgehead atoms. The van der Waals surface area contributed by atoms with Crippen molar-refractivity contribution in [1.29, 1.82) is 0 Å². The Morgan fingerprint density at radius 2 is 1.82 bits per heavy atom. The minimum absolute atomic E-state index is 0.0259. The average Bonchev–Trinajstić information content (AvgIpc) is 3.06. The maximum absolute atomic E-state index is 13.1. The third-order valence-corrected chi connectivity index (χ3v) is 5.53. The summed E-state index contributed by atoms with van der Waals surface area (Å²) in [6.45, 7) is 2.34. The van der Waals surface area contributed by atoms with Crippen LogP contribution < -0.4 is 14.8 Å². The maximum atomic E-state index is 13.1. The van der Waals surface area contributed by atoms with Gasteiger partial charge in [-0.3, -0.25) is 9.69 Å². The van der Waals surface area contributed by atoms with Crippen molar-refractivity contribution in [2.45, 2.75) is 20.1 Å². The van der Waals surface area contributed by atoms with E-state index in [1.165, 1.54) is 37.5 Å². The Kier molecular flexibility index (Phi) is 6.84. The molecule has 0 unspecified atom stereocenters. The van der Waals surface area contributed by atoms with Gasteiger partial charge >= 0.3 is 6.03 Å². The molecule has 1 fully saturated rings. The SMILES string of the molecule is COc1cc(C=C2NC(=O)N(Cc3ccc(F)cc3)C2=O)cc(Cl)c1OCc1cccc(C)c1. The number of amides is 3. The number of rotatable bonds is 7. The molecule has 174 valence electrons. The van der Waals surface area contributed by atoms with E-state index in [1.807, 2.05) is 31.2 Å². The Hall–Kier alpha value is -3.84. The van der Waals surface area contributed by atoms with E-state index in [0.717, 1.165) is 16.0 Å². The number of aryl methyl sites for hydroxylation is 1. The van der Waals surface area contributed by atoms with Crippen LogP contribution in [-0.4, -0.2) is 23.9 Å². The lowest BCUT2D eigenvalue weighted by molar-refractivity contribution is -0.123. The summed E-state index contributed by atoms with van der Waals surface area (Å²) in [5.41, 5.74) is 3.39. The second kappa shape index (κ2) is 9.97. The van der Waals surface area contributed by atoms with E-state index in [-0.39, 0.29) is 12.2 Å². The predicted octanol–water partition coefficient (Wildman–Crippen LogP) is 5.47. The number of ether oxygens (including phenoxy) is 2. The first kappa shape index (κ1) is 23.3. The average molecular weight is 481 g/mol. The molecule has 0 atom stereocenters. The van der Waals surface area contributed by atoms with Gasteiger partial charge in [0, 0.05) is 0 Å². The Bertz CT molecular complexity index is 1270. The molecule has 1 saturated heterocycles. The molecule has 0 spiro atoms. The van der Waals surface area contributed by atoms with Gasteiger partial charge in [0.15, 0.2) is 11.5 Å². The van der Waals surface area contributed by atoms with Crippen LogP contribution in [0.15, 0.2) is 66.4 Å². The van der Waals surface area contributed by atoms with Crippen molar-refractivity contribution in [3.8, 4) is 11.5 Å². The number of carbonyl (C=O) groups is 2. The summed E-state index contributed by atoms with van der Waals surface area (Å²) in [4.78, 5) is 26.2. The number of nitrogens with one attached hydrogen (secondary N) is 1. The summed E-state index contributed by atoms with van der Waals surface area (Å²) in [5.74, 6) is -0.109. The number of methoxy groups -OCH3 is 1. The lowest BCUT2D eigenvalue weighted by Crippen LogP contribution is -2.30. The second-order valence-corrected chi connectivity index (χ2v) is 8.22. The number of imide groups is 1.